The number of halogens is 2. The van der Waals surface area contributed by atoms with Crippen molar-refractivity contribution >= 4 is 29.2 Å². The fourth-order valence-electron chi connectivity index (χ4n) is 1.62. The molecule has 1 N–H and O–H groups in total. The molecule has 1 aromatic heterocycles. The molecule has 21 heavy (non-hydrogen) atoms. The van der Waals surface area contributed by atoms with Crippen LogP contribution in [0.3, 0.4) is 0 Å². The van der Waals surface area contributed by atoms with Gasteiger partial charge in [0.15, 0.2) is 5.15 Å². The molecule has 0 aliphatic carbocycles. The highest BCUT2D eigenvalue weighted by atomic mass is 35.5. The number of hydrogen-bond donors (Lipinski definition) is 1. The second kappa shape index (κ2) is 7.09. The van der Waals surface area contributed by atoms with E-state index in [0.717, 1.165) is 17.9 Å². The van der Waals surface area contributed by atoms with Crippen molar-refractivity contribution < 1.29 is 4.39 Å². The molecule has 0 unspecified atom stereocenters. The lowest BCUT2D eigenvalue weighted by molar-refractivity contribution is 0.627. The Morgan fingerprint density at radius 2 is 1.86 bits per heavy atom. The number of hydrogen-bond acceptors (Lipinski definition) is 4. The molecule has 2 rings (SSSR count). The van der Waals surface area contributed by atoms with Crippen molar-refractivity contribution in [2.45, 2.75) is 24.3 Å². The van der Waals surface area contributed by atoms with Gasteiger partial charge in [0.1, 0.15) is 11.6 Å². The van der Waals surface area contributed by atoms with E-state index >= 15 is 0 Å². The average Bonchev–Trinajstić information content (AvgIpc) is 2.46. The topological polar surface area (TPSA) is 37.8 Å². The summed E-state index contributed by atoms with van der Waals surface area (Å²) in [5.41, 5.74) is 1.11. The third-order valence-electron chi connectivity index (χ3n) is 2.87. The van der Waals surface area contributed by atoms with Gasteiger partial charge in [-0.2, -0.15) is 0 Å². The van der Waals surface area contributed by atoms with Crippen LogP contribution in [0.2, 0.25) is 5.15 Å². The third kappa shape index (κ3) is 5.52. The van der Waals surface area contributed by atoms with E-state index in [9.17, 15) is 4.39 Å². The molecule has 1 aromatic carbocycles. The van der Waals surface area contributed by atoms with Crippen LogP contribution in [-0.4, -0.2) is 21.5 Å². The average molecular weight is 326 g/mol. The fraction of sp³-hybridized carbons (Fsp3) is 0.333. The predicted molar refractivity (Wildman–Crippen MR) is 87.3 cm³/mol. The first-order valence-corrected chi connectivity index (χ1v) is 7.92. The molecular formula is C15H17ClFN3S. The van der Waals surface area contributed by atoms with Crippen molar-refractivity contribution in [3.05, 3.63) is 52.9 Å². The molecule has 3 nitrogen and oxygen atoms in total. The summed E-state index contributed by atoms with van der Waals surface area (Å²) in [6, 6.07) is 10.1. The summed E-state index contributed by atoms with van der Waals surface area (Å²) in [5.74, 6) is 1.34. The molecule has 0 spiro atoms. The highest BCUT2D eigenvalue weighted by Crippen LogP contribution is 2.28. The molecule has 0 amide bonds. The second-order valence-electron chi connectivity index (χ2n) is 5.27. The summed E-state index contributed by atoms with van der Waals surface area (Å²) in [5, 5.41) is 11.4. The minimum atomic E-state index is -0.203. The Balaban J connectivity index is 1.83. The van der Waals surface area contributed by atoms with Crippen molar-refractivity contribution in [2.24, 2.45) is 0 Å². The summed E-state index contributed by atoms with van der Waals surface area (Å²) in [4.78, 5) is 0. The number of thioether (sulfide) groups is 1. The van der Waals surface area contributed by atoms with E-state index in [-0.39, 0.29) is 10.6 Å². The number of anilines is 1. The van der Waals surface area contributed by atoms with E-state index in [1.807, 2.05) is 12.1 Å². The standard InChI is InChI=1S/C15H17ClFN3S/c1-15(2,10-18-14-8-7-13(16)19-20-14)21-9-11-3-5-12(17)6-4-11/h3-8H,9-10H2,1-2H3,(H,18,20). The van der Waals surface area contributed by atoms with Crippen molar-refractivity contribution in [1.29, 1.82) is 0 Å². The van der Waals surface area contributed by atoms with Crippen LogP contribution in [0.25, 0.3) is 0 Å². The minimum absolute atomic E-state index is 0.00963. The molecule has 2 aromatic rings. The van der Waals surface area contributed by atoms with Crippen LogP contribution in [-0.2, 0) is 5.75 Å². The van der Waals surface area contributed by atoms with E-state index in [0.29, 0.717) is 11.0 Å². The zero-order chi connectivity index (χ0) is 15.3. The zero-order valence-corrected chi connectivity index (χ0v) is 13.5. The summed E-state index contributed by atoms with van der Waals surface area (Å²) in [6.45, 7) is 5.05. The van der Waals surface area contributed by atoms with Crippen LogP contribution in [0.1, 0.15) is 19.4 Å². The molecule has 6 heteroatoms. The quantitative estimate of drug-likeness (QED) is 0.854. The number of aromatic nitrogens is 2. The zero-order valence-electron chi connectivity index (χ0n) is 11.9. The Kier molecular flexibility index (Phi) is 5.42. The Morgan fingerprint density at radius 3 is 2.48 bits per heavy atom. The molecule has 0 fully saturated rings. The Labute approximate surface area is 133 Å². The van der Waals surface area contributed by atoms with Crippen LogP contribution >= 0.6 is 23.4 Å². The molecule has 0 bridgehead atoms. The van der Waals surface area contributed by atoms with Gasteiger partial charge in [-0.15, -0.1) is 22.0 Å². The van der Waals surface area contributed by atoms with Gasteiger partial charge in [-0.25, -0.2) is 4.39 Å². The van der Waals surface area contributed by atoms with E-state index < -0.39 is 0 Å². The van der Waals surface area contributed by atoms with Gasteiger partial charge in [0.25, 0.3) is 0 Å². The summed E-state index contributed by atoms with van der Waals surface area (Å²) < 4.78 is 12.9. The van der Waals surface area contributed by atoms with Crippen LogP contribution in [0.15, 0.2) is 36.4 Å². The molecular weight excluding hydrogens is 309 g/mol. The van der Waals surface area contributed by atoms with Gasteiger partial charge < -0.3 is 5.32 Å². The third-order valence-corrected chi connectivity index (χ3v) is 4.48. The normalized spacial score (nSPS) is 11.4. The van der Waals surface area contributed by atoms with Crippen molar-refractivity contribution in [2.75, 3.05) is 11.9 Å². The van der Waals surface area contributed by atoms with Crippen molar-refractivity contribution in [3.8, 4) is 0 Å². The van der Waals surface area contributed by atoms with Crippen LogP contribution in [0.5, 0.6) is 0 Å². The summed E-state index contributed by atoms with van der Waals surface area (Å²) in [6.07, 6.45) is 0. The Bertz CT molecular complexity index is 521. The van der Waals surface area contributed by atoms with Crippen LogP contribution < -0.4 is 5.32 Å². The van der Waals surface area contributed by atoms with Gasteiger partial charge in [-0.1, -0.05) is 23.7 Å². The van der Waals surface area contributed by atoms with E-state index in [1.54, 1.807) is 23.9 Å². The number of benzene rings is 1. The molecule has 0 atom stereocenters. The molecule has 0 aliphatic rings. The lowest BCUT2D eigenvalue weighted by atomic mass is 10.2. The van der Waals surface area contributed by atoms with E-state index in [2.05, 4.69) is 29.4 Å². The van der Waals surface area contributed by atoms with E-state index in [1.165, 1.54) is 12.1 Å². The lowest BCUT2D eigenvalue weighted by Crippen LogP contribution is -2.27. The molecule has 0 saturated carbocycles. The molecule has 0 aliphatic heterocycles. The number of rotatable bonds is 6. The minimum Gasteiger partial charge on any atom is -0.367 e. The summed E-state index contributed by atoms with van der Waals surface area (Å²) in [7, 11) is 0. The van der Waals surface area contributed by atoms with Crippen molar-refractivity contribution in [3.63, 3.8) is 0 Å². The maximum atomic E-state index is 12.9. The predicted octanol–water partition coefficient (Wildman–Crippen LogP) is 4.39. The maximum Gasteiger partial charge on any atom is 0.151 e. The summed E-state index contributed by atoms with van der Waals surface area (Å²) >= 11 is 7.50. The Morgan fingerprint density at radius 1 is 1.14 bits per heavy atom. The first kappa shape index (κ1) is 16.0. The van der Waals surface area contributed by atoms with Crippen LogP contribution in [0.4, 0.5) is 10.2 Å². The largest absolute Gasteiger partial charge is 0.367 e. The first-order valence-electron chi connectivity index (χ1n) is 6.56. The Hall–Kier alpha value is -1.33. The van der Waals surface area contributed by atoms with Gasteiger partial charge in [0.05, 0.1) is 0 Å². The molecule has 0 radical (unpaired) electrons. The number of nitrogens with one attached hydrogen (secondary N) is 1. The smallest absolute Gasteiger partial charge is 0.151 e. The number of nitrogens with zero attached hydrogens (tertiary/aromatic N) is 2. The lowest BCUT2D eigenvalue weighted by Gasteiger charge is -2.24. The van der Waals surface area contributed by atoms with Gasteiger partial charge in [-0.3, -0.25) is 0 Å². The SMILES string of the molecule is CC(C)(CNc1ccc(Cl)nn1)SCc1ccc(F)cc1. The van der Waals surface area contributed by atoms with Crippen LogP contribution in [0, 0.1) is 5.82 Å². The van der Waals surface area contributed by atoms with Crippen molar-refractivity contribution in [1.82, 2.24) is 10.2 Å². The monoisotopic (exact) mass is 325 g/mol. The first-order chi connectivity index (χ1) is 9.94. The van der Waals surface area contributed by atoms with E-state index in [4.69, 9.17) is 11.6 Å². The highest BCUT2D eigenvalue weighted by Gasteiger charge is 2.18. The van der Waals surface area contributed by atoms with Gasteiger partial charge in [0.2, 0.25) is 0 Å². The maximum absolute atomic E-state index is 12.9. The fourth-order valence-corrected chi connectivity index (χ4v) is 2.65. The molecule has 1 heterocycles. The molecule has 112 valence electrons. The molecule has 0 saturated heterocycles. The van der Waals surface area contributed by atoms with Gasteiger partial charge in [0, 0.05) is 17.0 Å². The second-order valence-corrected chi connectivity index (χ2v) is 7.34. The highest BCUT2D eigenvalue weighted by molar-refractivity contribution is 7.99. The van der Waals surface area contributed by atoms with Gasteiger partial charge in [-0.05, 0) is 43.7 Å². The van der Waals surface area contributed by atoms with Gasteiger partial charge >= 0.3 is 0 Å².